The lowest BCUT2D eigenvalue weighted by molar-refractivity contribution is 0.203. The minimum absolute atomic E-state index is 0.0166. The van der Waals surface area contributed by atoms with Gasteiger partial charge in [-0.2, -0.15) is 9.97 Å². The lowest BCUT2D eigenvalue weighted by Gasteiger charge is -2.21. The third kappa shape index (κ3) is 6.09. The van der Waals surface area contributed by atoms with E-state index in [4.69, 9.17) is 15.6 Å². The van der Waals surface area contributed by atoms with Crippen molar-refractivity contribution < 1.29 is 18.3 Å². The minimum Gasteiger partial charge on any atom is -0.476 e. The molecule has 1 aromatic carbocycles. The number of hydrogen-bond acceptors (Lipinski definition) is 10. The maximum absolute atomic E-state index is 12.1. The predicted octanol–water partition coefficient (Wildman–Crippen LogP) is 2.43. The van der Waals surface area contributed by atoms with Gasteiger partial charge in [-0.1, -0.05) is 19.3 Å². The fourth-order valence-corrected chi connectivity index (χ4v) is 4.37. The maximum atomic E-state index is 12.1. The maximum Gasteiger partial charge on any atom is 0.250 e. The Balaban J connectivity index is 1.73. The molecule has 11 nitrogen and oxygen atoms in total. The molecule has 0 aliphatic heterocycles. The highest BCUT2D eigenvalue weighted by atomic mass is 32.2. The number of anilines is 3. The number of aliphatic hydroxyl groups is 1. The van der Waals surface area contributed by atoms with E-state index in [1.54, 1.807) is 0 Å². The third-order valence-electron chi connectivity index (χ3n) is 4.98. The number of ether oxygens (including phenoxy) is 1. The zero-order valence-electron chi connectivity index (χ0n) is 17.0. The first-order valence-electron chi connectivity index (χ1n) is 10.0. The number of nitrogens with zero attached hydrogens (tertiary/aromatic N) is 3. The standard InChI is InChI=1S/C19H26N6O5S/c20-17-16(25-27)18(30-12-13-4-2-1-3-5-13)24-19(23-17)22-14-6-8-15(9-7-14)31(28,29)21-10-11-26/h6-9,13,21,26H,1-5,10-12H2,(H3,20,22,23,24). The second-order valence-corrected chi connectivity index (χ2v) is 9.03. The Morgan fingerprint density at radius 1 is 1.16 bits per heavy atom. The van der Waals surface area contributed by atoms with Gasteiger partial charge in [0, 0.05) is 12.2 Å². The Morgan fingerprint density at radius 2 is 1.87 bits per heavy atom. The van der Waals surface area contributed by atoms with Crippen molar-refractivity contribution in [2.75, 3.05) is 30.8 Å². The summed E-state index contributed by atoms with van der Waals surface area (Å²) in [5, 5.41) is 14.6. The van der Waals surface area contributed by atoms with Crippen LogP contribution < -0.4 is 20.5 Å². The van der Waals surface area contributed by atoms with Crippen LogP contribution in [0, 0.1) is 10.8 Å². The monoisotopic (exact) mass is 450 g/mol. The van der Waals surface area contributed by atoms with Crippen LogP contribution in [-0.4, -0.2) is 43.3 Å². The van der Waals surface area contributed by atoms with E-state index in [0.717, 1.165) is 25.7 Å². The molecule has 0 spiro atoms. The molecule has 1 aromatic heterocycles. The number of nitrogens with two attached hydrogens (primary N) is 1. The first-order chi connectivity index (χ1) is 14.9. The minimum atomic E-state index is -3.71. The fraction of sp³-hybridized carbons (Fsp3) is 0.474. The van der Waals surface area contributed by atoms with Crippen molar-refractivity contribution in [2.24, 2.45) is 11.1 Å². The highest BCUT2D eigenvalue weighted by Gasteiger charge is 2.19. The van der Waals surface area contributed by atoms with Crippen LogP contribution in [0.1, 0.15) is 32.1 Å². The first kappa shape index (κ1) is 22.8. The first-order valence-corrected chi connectivity index (χ1v) is 11.5. The van der Waals surface area contributed by atoms with Gasteiger partial charge in [-0.15, -0.1) is 4.91 Å². The highest BCUT2D eigenvalue weighted by Crippen LogP contribution is 2.33. The molecular weight excluding hydrogens is 424 g/mol. The third-order valence-corrected chi connectivity index (χ3v) is 6.45. The number of sulfonamides is 1. The predicted molar refractivity (Wildman–Crippen MR) is 116 cm³/mol. The summed E-state index contributed by atoms with van der Waals surface area (Å²) >= 11 is 0. The normalized spacial score (nSPS) is 14.9. The van der Waals surface area contributed by atoms with Crippen molar-refractivity contribution in [3.63, 3.8) is 0 Å². The molecule has 0 unspecified atom stereocenters. The van der Waals surface area contributed by atoms with Crippen molar-refractivity contribution in [3.05, 3.63) is 29.2 Å². The number of aliphatic hydroxyl groups excluding tert-OH is 1. The van der Waals surface area contributed by atoms with Crippen molar-refractivity contribution in [3.8, 4) is 5.88 Å². The molecule has 1 aliphatic rings. The summed E-state index contributed by atoms with van der Waals surface area (Å²) in [5.74, 6) is 0.397. The van der Waals surface area contributed by atoms with Gasteiger partial charge in [0.05, 0.1) is 18.1 Å². The molecule has 0 bridgehead atoms. The van der Waals surface area contributed by atoms with Gasteiger partial charge in [0.25, 0.3) is 5.88 Å². The van der Waals surface area contributed by atoms with Gasteiger partial charge in [-0.3, -0.25) is 0 Å². The largest absolute Gasteiger partial charge is 0.476 e. The Bertz CT molecular complexity index is 994. The Labute approximate surface area is 180 Å². The topological polar surface area (TPSA) is 169 Å². The second-order valence-electron chi connectivity index (χ2n) is 7.26. The molecule has 0 amide bonds. The van der Waals surface area contributed by atoms with E-state index in [1.807, 2.05) is 0 Å². The van der Waals surface area contributed by atoms with Crippen LogP contribution in [0.15, 0.2) is 34.3 Å². The lowest BCUT2D eigenvalue weighted by atomic mass is 9.90. The molecule has 3 rings (SSSR count). The smallest absolute Gasteiger partial charge is 0.250 e. The van der Waals surface area contributed by atoms with Crippen LogP contribution in [-0.2, 0) is 10.0 Å². The average molecular weight is 451 g/mol. The van der Waals surface area contributed by atoms with Crippen molar-refractivity contribution in [1.29, 1.82) is 0 Å². The van der Waals surface area contributed by atoms with Gasteiger partial charge in [0.15, 0.2) is 5.82 Å². The summed E-state index contributed by atoms with van der Waals surface area (Å²) in [7, 11) is -3.71. The van der Waals surface area contributed by atoms with E-state index in [9.17, 15) is 13.3 Å². The van der Waals surface area contributed by atoms with Crippen molar-refractivity contribution in [1.82, 2.24) is 14.7 Å². The molecule has 12 heteroatoms. The second kappa shape index (κ2) is 10.5. The quantitative estimate of drug-likeness (QED) is 0.397. The zero-order valence-corrected chi connectivity index (χ0v) is 17.8. The summed E-state index contributed by atoms with van der Waals surface area (Å²) < 4.78 is 32.2. The molecule has 1 fully saturated rings. The summed E-state index contributed by atoms with van der Waals surface area (Å²) in [6.45, 7) is 0.0520. The number of aromatic nitrogens is 2. The van der Waals surface area contributed by atoms with E-state index < -0.39 is 10.0 Å². The molecule has 31 heavy (non-hydrogen) atoms. The van der Waals surface area contributed by atoms with E-state index in [2.05, 4.69) is 25.2 Å². The molecule has 1 heterocycles. The van der Waals surface area contributed by atoms with Gasteiger partial charge in [0.1, 0.15) is 0 Å². The van der Waals surface area contributed by atoms with Gasteiger partial charge in [-0.05, 0) is 48.2 Å². The van der Waals surface area contributed by atoms with Crippen LogP contribution in [0.4, 0.5) is 23.1 Å². The number of nitrogen functional groups attached to an aromatic ring is 1. The SMILES string of the molecule is Nc1nc(Nc2ccc(S(=O)(=O)NCCO)cc2)nc(OCC2CCCCC2)c1N=O. The van der Waals surface area contributed by atoms with Gasteiger partial charge >= 0.3 is 0 Å². The molecule has 0 radical (unpaired) electrons. The number of benzene rings is 1. The Morgan fingerprint density at radius 3 is 2.52 bits per heavy atom. The van der Waals surface area contributed by atoms with Gasteiger partial charge in [-0.25, -0.2) is 13.1 Å². The van der Waals surface area contributed by atoms with E-state index in [0.29, 0.717) is 18.2 Å². The molecule has 2 aromatic rings. The van der Waals surface area contributed by atoms with Crippen molar-refractivity contribution >= 4 is 33.2 Å². The van der Waals surface area contributed by atoms with Crippen LogP contribution in [0.25, 0.3) is 0 Å². The van der Waals surface area contributed by atoms with Crippen LogP contribution in [0.5, 0.6) is 5.88 Å². The summed E-state index contributed by atoms with van der Waals surface area (Å²) in [4.78, 5) is 19.5. The molecule has 168 valence electrons. The van der Waals surface area contributed by atoms with E-state index >= 15 is 0 Å². The van der Waals surface area contributed by atoms with Crippen LogP contribution in [0.3, 0.4) is 0 Å². The average Bonchev–Trinajstić information content (AvgIpc) is 2.77. The Kier molecular flexibility index (Phi) is 7.71. The number of hydrogen-bond donors (Lipinski definition) is 4. The molecule has 1 aliphatic carbocycles. The summed E-state index contributed by atoms with van der Waals surface area (Å²) in [6, 6.07) is 5.85. The summed E-state index contributed by atoms with van der Waals surface area (Å²) in [5.41, 5.74) is 6.21. The van der Waals surface area contributed by atoms with Crippen LogP contribution >= 0.6 is 0 Å². The Hall–Kier alpha value is -2.83. The molecular formula is C19H26N6O5S. The fourth-order valence-electron chi connectivity index (χ4n) is 3.35. The highest BCUT2D eigenvalue weighted by molar-refractivity contribution is 7.89. The molecule has 0 atom stereocenters. The van der Waals surface area contributed by atoms with E-state index in [-0.39, 0.29) is 41.4 Å². The van der Waals surface area contributed by atoms with Crippen molar-refractivity contribution in [2.45, 2.75) is 37.0 Å². The van der Waals surface area contributed by atoms with Crippen LogP contribution in [0.2, 0.25) is 0 Å². The van der Waals surface area contributed by atoms with Gasteiger partial charge < -0.3 is 20.9 Å². The molecule has 1 saturated carbocycles. The molecule has 5 N–H and O–H groups in total. The number of nitroso groups, excluding NO2 is 1. The zero-order chi connectivity index (χ0) is 22.3. The summed E-state index contributed by atoms with van der Waals surface area (Å²) in [6.07, 6.45) is 5.68. The number of nitrogens with one attached hydrogen (secondary N) is 2. The van der Waals surface area contributed by atoms with E-state index in [1.165, 1.54) is 30.7 Å². The molecule has 0 saturated heterocycles. The lowest BCUT2D eigenvalue weighted by Crippen LogP contribution is -2.26. The van der Waals surface area contributed by atoms with Gasteiger partial charge in [0.2, 0.25) is 21.7 Å². The number of rotatable bonds is 10.